The van der Waals surface area contributed by atoms with E-state index in [9.17, 15) is 4.79 Å². The fourth-order valence-corrected chi connectivity index (χ4v) is 3.95. The highest BCUT2D eigenvalue weighted by molar-refractivity contribution is 5.75. The number of H-pyrrole nitrogens is 1. The van der Waals surface area contributed by atoms with Gasteiger partial charge in [-0.05, 0) is 36.0 Å². The van der Waals surface area contributed by atoms with Crippen LogP contribution in [0.3, 0.4) is 0 Å². The number of aromatic nitrogens is 5. The Labute approximate surface area is 173 Å². The van der Waals surface area contributed by atoms with Crippen molar-refractivity contribution < 1.29 is 9.53 Å². The molecule has 1 unspecified atom stereocenters. The first kappa shape index (κ1) is 18.7. The Hall–Kier alpha value is -3.33. The summed E-state index contributed by atoms with van der Waals surface area (Å²) in [7, 11) is 0. The van der Waals surface area contributed by atoms with Crippen LogP contribution >= 0.6 is 0 Å². The third-order valence-corrected chi connectivity index (χ3v) is 6.15. The normalized spacial score (nSPS) is 20.0. The number of nitrogens with zero attached hydrogens (tertiary/aromatic N) is 5. The van der Waals surface area contributed by atoms with Gasteiger partial charge in [0.2, 0.25) is 5.95 Å². The molecular weight excluding hydrogens is 382 g/mol. The smallest absolute Gasteiger partial charge is 0.298 e. The van der Waals surface area contributed by atoms with Crippen LogP contribution in [-0.2, 0) is 4.79 Å². The number of anilines is 1. The van der Waals surface area contributed by atoms with Gasteiger partial charge in [-0.15, -0.1) is 10.2 Å². The molecule has 154 valence electrons. The van der Waals surface area contributed by atoms with E-state index in [0.717, 1.165) is 30.8 Å². The van der Waals surface area contributed by atoms with Crippen LogP contribution in [0.15, 0.2) is 36.8 Å². The molecule has 1 aliphatic heterocycles. The van der Waals surface area contributed by atoms with Gasteiger partial charge in [0.15, 0.2) is 0 Å². The molecule has 2 fully saturated rings. The van der Waals surface area contributed by atoms with Crippen molar-refractivity contribution in [2.45, 2.75) is 25.8 Å². The number of ether oxygens (including phenoxy) is 1. The molecule has 30 heavy (non-hydrogen) atoms. The molecule has 3 heterocycles. The number of piperazine rings is 1. The molecule has 1 aromatic carbocycles. The SMILES string of the molecule is CC1(C2CN(c3ncc(-c4ccc(-c5cn[nH]c5)cc4OC=O)nn3)CCN2)CC1. The molecule has 9 nitrogen and oxygen atoms in total. The lowest BCUT2D eigenvalue weighted by Crippen LogP contribution is -2.54. The summed E-state index contributed by atoms with van der Waals surface area (Å²) < 4.78 is 5.21. The van der Waals surface area contributed by atoms with Crippen molar-refractivity contribution in [3.05, 3.63) is 36.8 Å². The van der Waals surface area contributed by atoms with Crippen LogP contribution in [0.2, 0.25) is 0 Å². The van der Waals surface area contributed by atoms with Gasteiger partial charge in [-0.25, -0.2) is 4.98 Å². The van der Waals surface area contributed by atoms with Gasteiger partial charge in [0.1, 0.15) is 11.4 Å². The summed E-state index contributed by atoms with van der Waals surface area (Å²) in [5.41, 5.74) is 3.38. The predicted octanol–water partition coefficient (Wildman–Crippen LogP) is 2.04. The van der Waals surface area contributed by atoms with Crippen LogP contribution in [-0.4, -0.2) is 57.5 Å². The fourth-order valence-electron chi connectivity index (χ4n) is 3.95. The molecule has 0 bridgehead atoms. The van der Waals surface area contributed by atoms with Crippen LogP contribution in [0, 0.1) is 5.41 Å². The van der Waals surface area contributed by atoms with Gasteiger partial charge in [-0.2, -0.15) is 5.10 Å². The Morgan fingerprint density at radius 3 is 2.83 bits per heavy atom. The molecule has 1 saturated carbocycles. The molecule has 5 rings (SSSR count). The van der Waals surface area contributed by atoms with E-state index in [1.165, 1.54) is 12.8 Å². The summed E-state index contributed by atoms with van der Waals surface area (Å²) >= 11 is 0. The number of nitrogens with one attached hydrogen (secondary N) is 2. The van der Waals surface area contributed by atoms with E-state index in [-0.39, 0.29) is 0 Å². The maximum atomic E-state index is 11.0. The highest BCUT2D eigenvalue weighted by Crippen LogP contribution is 2.48. The zero-order valence-corrected chi connectivity index (χ0v) is 16.7. The third kappa shape index (κ3) is 3.52. The summed E-state index contributed by atoms with van der Waals surface area (Å²) in [5.74, 6) is 1.03. The summed E-state index contributed by atoms with van der Waals surface area (Å²) in [6.45, 7) is 5.39. The van der Waals surface area contributed by atoms with E-state index < -0.39 is 0 Å². The summed E-state index contributed by atoms with van der Waals surface area (Å²) in [6, 6.07) is 6.01. The summed E-state index contributed by atoms with van der Waals surface area (Å²) in [6.07, 6.45) is 7.70. The van der Waals surface area contributed by atoms with Gasteiger partial charge in [0, 0.05) is 43.0 Å². The van der Waals surface area contributed by atoms with E-state index in [1.54, 1.807) is 24.7 Å². The zero-order chi connectivity index (χ0) is 20.6. The molecule has 9 heteroatoms. The van der Waals surface area contributed by atoms with Crippen molar-refractivity contribution in [2.24, 2.45) is 5.41 Å². The minimum atomic E-state index is 0.393. The van der Waals surface area contributed by atoms with Gasteiger partial charge in [0.25, 0.3) is 6.47 Å². The van der Waals surface area contributed by atoms with E-state index in [2.05, 4.69) is 42.5 Å². The highest BCUT2D eigenvalue weighted by atomic mass is 16.5. The van der Waals surface area contributed by atoms with Crippen molar-refractivity contribution in [3.63, 3.8) is 0 Å². The van der Waals surface area contributed by atoms with Crippen LogP contribution in [0.25, 0.3) is 22.4 Å². The Balaban J connectivity index is 1.39. The number of carbonyl (C=O) groups excluding carboxylic acids is 1. The Morgan fingerprint density at radius 2 is 2.13 bits per heavy atom. The average molecular weight is 405 g/mol. The van der Waals surface area contributed by atoms with Gasteiger partial charge in [0.05, 0.1) is 12.4 Å². The Morgan fingerprint density at radius 1 is 1.23 bits per heavy atom. The molecule has 3 aromatic rings. The first-order chi connectivity index (χ1) is 14.7. The lowest BCUT2D eigenvalue weighted by Gasteiger charge is -2.36. The number of hydrogen-bond acceptors (Lipinski definition) is 8. The molecule has 1 saturated heterocycles. The quantitative estimate of drug-likeness (QED) is 0.600. The van der Waals surface area contributed by atoms with E-state index in [1.807, 2.05) is 12.1 Å². The molecule has 2 aliphatic rings. The number of rotatable bonds is 6. The van der Waals surface area contributed by atoms with E-state index in [0.29, 0.717) is 40.9 Å². The molecule has 0 radical (unpaired) electrons. The van der Waals surface area contributed by atoms with Crippen molar-refractivity contribution in [3.8, 4) is 28.1 Å². The predicted molar refractivity (Wildman–Crippen MR) is 111 cm³/mol. The lowest BCUT2D eigenvalue weighted by atomic mass is 9.97. The maximum Gasteiger partial charge on any atom is 0.298 e. The number of aromatic amines is 1. The van der Waals surface area contributed by atoms with Gasteiger partial charge < -0.3 is 15.0 Å². The number of benzene rings is 1. The fraction of sp³-hybridized carbons (Fsp3) is 0.381. The Kier molecular flexibility index (Phi) is 4.66. The first-order valence-corrected chi connectivity index (χ1v) is 10.1. The van der Waals surface area contributed by atoms with Crippen molar-refractivity contribution >= 4 is 12.4 Å². The lowest BCUT2D eigenvalue weighted by molar-refractivity contribution is -0.120. The van der Waals surface area contributed by atoms with Gasteiger partial charge >= 0.3 is 0 Å². The monoisotopic (exact) mass is 405 g/mol. The second-order valence-corrected chi connectivity index (χ2v) is 8.16. The minimum absolute atomic E-state index is 0.393. The van der Waals surface area contributed by atoms with E-state index >= 15 is 0 Å². The molecule has 1 aliphatic carbocycles. The largest absolute Gasteiger partial charge is 0.428 e. The summed E-state index contributed by atoms with van der Waals surface area (Å²) in [4.78, 5) is 17.8. The second kappa shape index (κ2) is 7.49. The van der Waals surface area contributed by atoms with Crippen molar-refractivity contribution in [1.82, 2.24) is 30.7 Å². The topological polar surface area (TPSA) is 109 Å². The second-order valence-electron chi connectivity index (χ2n) is 8.16. The molecule has 2 aromatic heterocycles. The van der Waals surface area contributed by atoms with Crippen molar-refractivity contribution in [1.29, 1.82) is 0 Å². The molecule has 0 spiro atoms. The van der Waals surface area contributed by atoms with Gasteiger partial charge in [-0.3, -0.25) is 9.89 Å². The first-order valence-electron chi connectivity index (χ1n) is 10.1. The van der Waals surface area contributed by atoms with Crippen LogP contribution in [0.1, 0.15) is 19.8 Å². The molecular formula is C21H23N7O2. The molecule has 1 atom stereocenters. The summed E-state index contributed by atoms with van der Waals surface area (Å²) in [5, 5.41) is 19.1. The standard InChI is InChI=1S/C21H23N7O2/c1-21(4-5-21)19-12-28(7-6-22-19)20-23-11-17(26-27-20)16-3-2-14(8-18(16)30-13-29)15-9-24-25-10-15/h2-3,8-11,13,19,22H,4-7,12H2,1H3,(H,24,25). The number of hydrogen-bond donors (Lipinski definition) is 2. The van der Waals surface area contributed by atoms with Crippen molar-refractivity contribution in [2.75, 3.05) is 24.5 Å². The average Bonchev–Trinajstić information content (AvgIpc) is 3.31. The zero-order valence-electron chi connectivity index (χ0n) is 16.7. The molecule has 0 amide bonds. The molecule has 2 N–H and O–H groups in total. The minimum Gasteiger partial charge on any atom is -0.428 e. The maximum absolute atomic E-state index is 11.0. The third-order valence-electron chi connectivity index (χ3n) is 6.15. The van der Waals surface area contributed by atoms with Crippen LogP contribution in [0.4, 0.5) is 5.95 Å². The number of carbonyl (C=O) groups is 1. The van der Waals surface area contributed by atoms with Gasteiger partial charge in [-0.1, -0.05) is 13.0 Å². The van der Waals surface area contributed by atoms with Crippen LogP contribution < -0.4 is 15.0 Å². The Bertz CT molecular complexity index is 1030. The highest BCUT2D eigenvalue weighted by Gasteiger charge is 2.46. The van der Waals surface area contributed by atoms with E-state index in [4.69, 9.17) is 4.74 Å². The van der Waals surface area contributed by atoms with Crippen LogP contribution in [0.5, 0.6) is 5.75 Å².